The Morgan fingerprint density at radius 2 is 1.69 bits per heavy atom. The molecule has 0 unspecified atom stereocenters. The van der Waals surface area contributed by atoms with Crippen LogP contribution in [0.25, 0.3) is 0 Å². The molecule has 0 radical (unpaired) electrons. The maximum Gasteiger partial charge on any atom is 0.338 e. The molecule has 1 heterocycles. The van der Waals surface area contributed by atoms with E-state index in [0.29, 0.717) is 5.69 Å². The summed E-state index contributed by atoms with van der Waals surface area (Å²) in [5.74, 6) is -2.94. The number of imide groups is 1. The quantitative estimate of drug-likeness (QED) is 0.278. The normalized spacial score (nSPS) is 23.8. The molecule has 10 heteroatoms. The maximum atomic E-state index is 13.1. The van der Waals surface area contributed by atoms with Crippen LogP contribution in [0.3, 0.4) is 0 Å². The first kappa shape index (κ1) is 23.7. The molecule has 4 amide bonds. The molecule has 0 spiro atoms. The monoisotopic (exact) mass is 507 g/mol. The third-order valence-electron chi connectivity index (χ3n) is 7.01. The van der Waals surface area contributed by atoms with Crippen molar-refractivity contribution in [3.05, 3.63) is 76.3 Å². The van der Waals surface area contributed by atoms with Crippen LogP contribution in [0.2, 0.25) is 5.02 Å². The zero-order valence-electron chi connectivity index (χ0n) is 19.2. The third kappa shape index (κ3) is 4.05. The molecular formula is C26H22ClN3O6. The van der Waals surface area contributed by atoms with Gasteiger partial charge in [-0.3, -0.25) is 34.9 Å². The number of carbonyl (C=O) groups excluding carboxylic acids is 5. The van der Waals surface area contributed by atoms with E-state index in [-0.39, 0.29) is 51.6 Å². The first-order valence-corrected chi connectivity index (χ1v) is 11.8. The number of hydrazine groups is 1. The summed E-state index contributed by atoms with van der Waals surface area (Å²) >= 11 is 5.93. The summed E-state index contributed by atoms with van der Waals surface area (Å²) in [7, 11) is 0. The van der Waals surface area contributed by atoms with Crippen molar-refractivity contribution in [2.45, 2.75) is 13.3 Å². The average molecular weight is 508 g/mol. The van der Waals surface area contributed by atoms with Crippen LogP contribution in [0.1, 0.15) is 34.1 Å². The number of halogens is 1. The van der Waals surface area contributed by atoms with Gasteiger partial charge in [-0.05, 0) is 61.6 Å². The Bertz CT molecular complexity index is 1320. The van der Waals surface area contributed by atoms with Crippen molar-refractivity contribution in [3.63, 3.8) is 0 Å². The van der Waals surface area contributed by atoms with Gasteiger partial charge in [-0.25, -0.2) is 4.79 Å². The van der Waals surface area contributed by atoms with E-state index in [0.717, 1.165) is 6.42 Å². The highest BCUT2D eigenvalue weighted by Crippen LogP contribution is 2.55. The minimum atomic E-state index is -0.775. The molecule has 2 aromatic carbocycles. The Balaban J connectivity index is 1.15. The number of rotatable bonds is 5. The van der Waals surface area contributed by atoms with E-state index < -0.39 is 24.4 Å². The number of nitrogens with zero attached hydrogens (tertiary/aromatic N) is 1. The summed E-state index contributed by atoms with van der Waals surface area (Å²) in [4.78, 5) is 63.6. The molecule has 1 saturated carbocycles. The molecule has 1 saturated heterocycles. The van der Waals surface area contributed by atoms with E-state index in [1.807, 2.05) is 6.92 Å². The minimum absolute atomic E-state index is 0.108. The molecule has 3 aliphatic rings. The molecule has 2 aromatic rings. The van der Waals surface area contributed by atoms with Gasteiger partial charge >= 0.3 is 5.97 Å². The summed E-state index contributed by atoms with van der Waals surface area (Å²) in [6.07, 6.45) is 2.96. The number of carbonyl (C=O) groups is 5. The molecule has 2 bridgehead atoms. The number of anilines is 1. The number of hydrogen-bond donors (Lipinski definition) is 2. The summed E-state index contributed by atoms with van der Waals surface area (Å²) in [6, 6.07) is 12.2. The largest absolute Gasteiger partial charge is 0.452 e. The van der Waals surface area contributed by atoms with Crippen molar-refractivity contribution >= 4 is 46.9 Å². The highest BCUT2D eigenvalue weighted by Gasteiger charge is 2.60. The molecular weight excluding hydrogens is 486 g/mol. The number of fused-ring (bicyclic) bond motifs is 5. The van der Waals surface area contributed by atoms with Gasteiger partial charge in [0.05, 0.1) is 33.7 Å². The summed E-state index contributed by atoms with van der Waals surface area (Å²) in [6.45, 7) is 1.37. The van der Waals surface area contributed by atoms with Gasteiger partial charge in [0.2, 0.25) is 11.8 Å². The van der Waals surface area contributed by atoms with E-state index in [1.54, 1.807) is 12.1 Å². The number of amides is 4. The first-order valence-electron chi connectivity index (χ1n) is 11.4. The highest BCUT2D eigenvalue weighted by molar-refractivity contribution is 6.33. The second-order valence-electron chi connectivity index (χ2n) is 9.09. The standard InChI is InChI=1S/C26H22ClN3O6/c1-13-10-15-11-18(13)22-21(15)24(33)30(25(22)34)16-8-6-14(7-9-16)26(35)36-12-20(31)28-29-23(32)17-4-2-3-5-19(17)27/h2-10,15,18,21-22H,11-12H2,1H3,(H,28,31)(H,29,32)/t15-,18+,21+,22+/m0/s1. The fourth-order valence-electron chi connectivity index (χ4n) is 5.37. The predicted octanol–water partition coefficient (Wildman–Crippen LogP) is 2.66. The first-order chi connectivity index (χ1) is 17.3. The lowest BCUT2D eigenvalue weighted by molar-refractivity contribution is -0.125. The molecule has 2 aliphatic carbocycles. The molecule has 184 valence electrons. The van der Waals surface area contributed by atoms with Gasteiger partial charge in [0, 0.05) is 0 Å². The molecule has 5 rings (SSSR count). The number of ether oxygens (including phenoxy) is 1. The van der Waals surface area contributed by atoms with Gasteiger partial charge in [0.15, 0.2) is 6.61 Å². The van der Waals surface area contributed by atoms with Crippen molar-refractivity contribution in [1.82, 2.24) is 10.9 Å². The van der Waals surface area contributed by atoms with Crippen LogP contribution in [0.5, 0.6) is 0 Å². The minimum Gasteiger partial charge on any atom is -0.452 e. The SMILES string of the molecule is CC1=C[C@H]2C[C@H]1[C@H]1C(=O)N(c3ccc(C(=O)OCC(=O)NNC(=O)c4ccccc4Cl)cc3)C(=O)[C@@H]12. The summed E-state index contributed by atoms with van der Waals surface area (Å²) < 4.78 is 4.99. The molecule has 1 aliphatic heterocycles. The van der Waals surface area contributed by atoms with Crippen molar-refractivity contribution < 1.29 is 28.7 Å². The molecule has 2 fully saturated rings. The summed E-state index contributed by atoms with van der Waals surface area (Å²) in [5, 5.41) is 0.221. The van der Waals surface area contributed by atoms with Gasteiger partial charge < -0.3 is 4.74 Å². The van der Waals surface area contributed by atoms with Crippen molar-refractivity contribution in [2.75, 3.05) is 11.5 Å². The lowest BCUT2D eigenvalue weighted by Gasteiger charge is -2.19. The topological polar surface area (TPSA) is 122 Å². The lowest BCUT2D eigenvalue weighted by Crippen LogP contribution is -2.43. The fraction of sp³-hybridized carbons (Fsp3) is 0.269. The highest BCUT2D eigenvalue weighted by atomic mass is 35.5. The van der Waals surface area contributed by atoms with Gasteiger partial charge in [0.25, 0.3) is 11.8 Å². The number of benzene rings is 2. The number of nitrogens with one attached hydrogen (secondary N) is 2. The average Bonchev–Trinajstić information content (AvgIpc) is 3.51. The third-order valence-corrected chi connectivity index (χ3v) is 7.34. The van der Waals surface area contributed by atoms with E-state index >= 15 is 0 Å². The van der Waals surface area contributed by atoms with Gasteiger partial charge in [-0.15, -0.1) is 0 Å². The Morgan fingerprint density at radius 1 is 1.00 bits per heavy atom. The zero-order valence-corrected chi connectivity index (χ0v) is 20.0. The Morgan fingerprint density at radius 3 is 2.42 bits per heavy atom. The van der Waals surface area contributed by atoms with E-state index in [2.05, 4.69) is 16.9 Å². The number of hydrogen-bond acceptors (Lipinski definition) is 6. The Kier molecular flexibility index (Phi) is 6.09. The summed E-state index contributed by atoms with van der Waals surface area (Å²) in [5.41, 5.74) is 6.23. The van der Waals surface area contributed by atoms with Gasteiger partial charge in [-0.1, -0.05) is 35.4 Å². The van der Waals surface area contributed by atoms with Gasteiger partial charge in [-0.2, -0.15) is 0 Å². The molecule has 9 nitrogen and oxygen atoms in total. The van der Waals surface area contributed by atoms with Crippen LogP contribution in [0, 0.1) is 23.7 Å². The zero-order chi connectivity index (χ0) is 25.6. The van der Waals surface area contributed by atoms with E-state index in [1.165, 1.54) is 46.9 Å². The smallest absolute Gasteiger partial charge is 0.338 e. The molecule has 36 heavy (non-hydrogen) atoms. The fourth-order valence-corrected chi connectivity index (χ4v) is 5.59. The molecule has 0 aromatic heterocycles. The maximum absolute atomic E-state index is 13.1. The van der Waals surface area contributed by atoms with Crippen LogP contribution >= 0.6 is 11.6 Å². The number of esters is 1. The van der Waals surface area contributed by atoms with Crippen LogP contribution < -0.4 is 15.8 Å². The number of allylic oxidation sites excluding steroid dienone is 2. The predicted molar refractivity (Wildman–Crippen MR) is 129 cm³/mol. The van der Waals surface area contributed by atoms with Crippen LogP contribution in [-0.4, -0.2) is 36.2 Å². The second kappa shape index (κ2) is 9.23. The second-order valence-corrected chi connectivity index (χ2v) is 9.49. The van der Waals surface area contributed by atoms with Crippen molar-refractivity contribution in [2.24, 2.45) is 23.7 Å². The lowest BCUT2D eigenvalue weighted by atomic mass is 9.82. The van der Waals surface area contributed by atoms with Crippen LogP contribution in [-0.2, 0) is 19.1 Å². The van der Waals surface area contributed by atoms with Crippen LogP contribution in [0.15, 0.2) is 60.2 Å². The van der Waals surface area contributed by atoms with Crippen molar-refractivity contribution in [3.8, 4) is 0 Å². The van der Waals surface area contributed by atoms with Crippen LogP contribution in [0.4, 0.5) is 5.69 Å². The van der Waals surface area contributed by atoms with E-state index in [9.17, 15) is 24.0 Å². The molecule has 4 atom stereocenters. The van der Waals surface area contributed by atoms with E-state index in [4.69, 9.17) is 16.3 Å². The Labute approximate surface area is 211 Å². The molecule has 2 N–H and O–H groups in total. The van der Waals surface area contributed by atoms with Crippen molar-refractivity contribution in [1.29, 1.82) is 0 Å². The Hall–Kier alpha value is -3.98. The van der Waals surface area contributed by atoms with Gasteiger partial charge in [0.1, 0.15) is 0 Å².